The number of carboxylic acids is 1. The van der Waals surface area contributed by atoms with Gasteiger partial charge in [-0.2, -0.15) is 0 Å². The zero-order valence-corrected chi connectivity index (χ0v) is 11.0. The lowest BCUT2D eigenvalue weighted by molar-refractivity contribution is -0.141. The van der Waals surface area contributed by atoms with Crippen LogP contribution in [0.2, 0.25) is 0 Å². The van der Waals surface area contributed by atoms with E-state index in [-0.39, 0.29) is 5.92 Å². The lowest BCUT2D eigenvalue weighted by atomic mass is 10.1. The van der Waals surface area contributed by atoms with Crippen LogP contribution in [0.3, 0.4) is 0 Å². The summed E-state index contributed by atoms with van der Waals surface area (Å²) in [6.07, 6.45) is 2.92. The minimum absolute atomic E-state index is 0.199. The molecule has 1 atom stereocenters. The van der Waals surface area contributed by atoms with Crippen LogP contribution in [0.1, 0.15) is 12.0 Å². The molecule has 4 nitrogen and oxygen atoms in total. The van der Waals surface area contributed by atoms with Gasteiger partial charge in [-0.3, -0.25) is 9.69 Å². The van der Waals surface area contributed by atoms with Crippen molar-refractivity contribution in [2.75, 3.05) is 13.1 Å². The molecule has 100 valence electrons. The van der Waals surface area contributed by atoms with Crippen molar-refractivity contribution in [3.8, 4) is 0 Å². The SMILES string of the molecule is Cn1cc(CN2CCC(C(=O)O)C2)c2ccccc21. The maximum absolute atomic E-state index is 11.0. The quantitative estimate of drug-likeness (QED) is 0.917. The van der Waals surface area contributed by atoms with Crippen LogP contribution < -0.4 is 0 Å². The summed E-state index contributed by atoms with van der Waals surface area (Å²) in [5.41, 5.74) is 2.51. The van der Waals surface area contributed by atoms with Crippen LogP contribution in [0.4, 0.5) is 0 Å². The number of carbonyl (C=O) groups is 1. The van der Waals surface area contributed by atoms with E-state index in [0.29, 0.717) is 6.54 Å². The molecule has 0 saturated carbocycles. The van der Waals surface area contributed by atoms with Crippen LogP contribution in [0, 0.1) is 5.92 Å². The third kappa shape index (κ3) is 2.24. The number of carboxylic acid groups (broad SMARTS) is 1. The molecule has 1 aliphatic rings. The average molecular weight is 258 g/mol. The van der Waals surface area contributed by atoms with E-state index in [0.717, 1.165) is 19.5 Å². The van der Waals surface area contributed by atoms with Gasteiger partial charge in [-0.25, -0.2) is 0 Å². The second-order valence-electron chi connectivity index (χ2n) is 5.34. The number of likely N-dealkylation sites (tertiary alicyclic amines) is 1. The lowest BCUT2D eigenvalue weighted by Crippen LogP contribution is -2.22. The minimum atomic E-state index is -0.666. The standard InChI is InChI=1S/C15H18N2O2/c1-16-8-12(13-4-2-3-5-14(13)16)10-17-7-6-11(9-17)15(18)19/h2-5,8,11H,6-7,9-10H2,1H3,(H,18,19). The molecule has 2 aromatic rings. The molecule has 1 saturated heterocycles. The van der Waals surface area contributed by atoms with Crippen molar-refractivity contribution >= 4 is 16.9 Å². The Morgan fingerprint density at radius 2 is 2.21 bits per heavy atom. The Morgan fingerprint density at radius 1 is 1.42 bits per heavy atom. The number of aliphatic carboxylic acids is 1. The van der Waals surface area contributed by atoms with E-state index in [9.17, 15) is 4.79 Å². The van der Waals surface area contributed by atoms with Gasteiger partial charge in [0, 0.05) is 37.2 Å². The van der Waals surface area contributed by atoms with Crippen molar-refractivity contribution in [2.24, 2.45) is 13.0 Å². The first-order valence-corrected chi connectivity index (χ1v) is 6.63. The predicted molar refractivity (Wildman–Crippen MR) is 73.9 cm³/mol. The Morgan fingerprint density at radius 3 is 2.95 bits per heavy atom. The molecule has 3 rings (SSSR count). The molecule has 1 unspecified atom stereocenters. The molecule has 4 heteroatoms. The summed E-state index contributed by atoms with van der Waals surface area (Å²) in [5, 5.41) is 10.3. The van der Waals surface area contributed by atoms with Crippen LogP contribution in [-0.4, -0.2) is 33.6 Å². The van der Waals surface area contributed by atoms with Gasteiger partial charge in [0.1, 0.15) is 0 Å². The van der Waals surface area contributed by atoms with Crippen LogP contribution in [0.25, 0.3) is 10.9 Å². The molecule has 2 heterocycles. The summed E-state index contributed by atoms with van der Waals surface area (Å²) in [7, 11) is 2.05. The molecule has 1 aromatic heterocycles. The first-order valence-electron chi connectivity index (χ1n) is 6.63. The summed E-state index contributed by atoms with van der Waals surface area (Å²) >= 11 is 0. The Kier molecular flexibility index (Phi) is 3.03. The zero-order valence-electron chi connectivity index (χ0n) is 11.0. The number of hydrogen-bond acceptors (Lipinski definition) is 2. The third-order valence-electron chi connectivity index (χ3n) is 4.00. The summed E-state index contributed by atoms with van der Waals surface area (Å²) < 4.78 is 2.13. The number of para-hydroxylation sites is 1. The molecule has 0 amide bonds. The average Bonchev–Trinajstić information content (AvgIpc) is 2.97. The zero-order chi connectivity index (χ0) is 13.4. The molecular weight excluding hydrogens is 240 g/mol. The first kappa shape index (κ1) is 12.2. The van der Waals surface area contributed by atoms with E-state index < -0.39 is 5.97 Å². The van der Waals surface area contributed by atoms with Gasteiger partial charge in [0.05, 0.1) is 5.92 Å². The fourth-order valence-electron chi connectivity index (χ4n) is 2.97. The third-order valence-corrected chi connectivity index (χ3v) is 4.00. The van der Waals surface area contributed by atoms with Crippen LogP contribution in [-0.2, 0) is 18.4 Å². The highest BCUT2D eigenvalue weighted by atomic mass is 16.4. The second-order valence-corrected chi connectivity index (χ2v) is 5.34. The van der Waals surface area contributed by atoms with E-state index in [1.807, 2.05) is 6.07 Å². The highest BCUT2D eigenvalue weighted by Crippen LogP contribution is 2.24. The number of hydrogen-bond donors (Lipinski definition) is 1. The van der Waals surface area contributed by atoms with Crippen molar-refractivity contribution in [2.45, 2.75) is 13.0 Å². The van der Waals surface area contributed by atoms with Crippen LogP contribution >= 0.6 is 0 Å². The Balaban J connectivity index is 1.81. The molecular formula is C15H18N2O2. The van der Waals surface area contributed by atoms with Crippen molar-refractivity contribution in [3.63, 3.8) is 0 Å². The first-order chi connectivity index (χ1) is 9.15. The van der Waals surface area contributed by atoms with Gasteiger partial charge in [0.15, 0.2) is 0 Å². The molecule has 1 N–H and O–H groups in total. The molecule has 0 radical (unpaired) electrons. The monoisotopic (exact) mass is 258 g/mol. The highest BCUT2D eigenvalue weighted by molar-refractivity contribution is 5.83. The van der Waals surface area contributed by atoms with Gasteiger partial charge in [-0.1, -0.05) is 18.2 Å². The van der Waals surface area contributed by atoms with E-state index in [1.54, 1.807) is 0 Å². The number of fused-ring (bicyclic) bond motifs is 1. The fourth-order valence-corrected chi connectivity index (χ4v) is 2.97. The van der Waals surface area contributed by atoms with Gasteiger partial charge >= 0.3 is 5.97 Å². The van der Waals surface area contributed by atoms with Crippen LogP contribution in [0.15, 0.2) is 30.5 Å². The maximum Gasteiger partial charge on any atom is 0.307 e. The van der Waals surface area contributed by atoms with Crippen LogP contribution in [0.5, 0.6) is 0 Å². The van der Waals surface area contributed by atoms with Crippen molar-refractivity contribution in [3.05, 3.63) is 36.0 Å². The van der Waals surface area contributed by atoms with Gasteiger partial charge in [0.25, 0.3) is 0 Å². The normalized spacial score (nSPS) is 20.2. The topological polar surface area (TPSA) is 45.5 Å². The summed E-state index contributed by atoms with van der Waals surface area (Å²) in [4.78, 5) is 13.2. The number of rotatable bonds is 3. The lowest BCUT2D eigenvalue weighted by Gasteiger charge is -2.14. The van der Waals surface area contributed by atoms with Crippen molar-refractivity contribution in [1.29, 1.82) is 0 Å². The Hall–Kier alpha value is -1.81. The van der Waals surface area contributed by atoms with Gasteiger partial charge < -0.3 is 9.67 Å². The van der Waals surface area contributed by atoms with E-state index in [1.165, 1.54) is 16.5 Å². The number of nitrogens with zero attached hydrogens (tertiary/aromatic N) is 2. The summed E-state index contributed by atoms with van der Waals surface area (Å²) in [6, 6.07) is 8.34. The van der Waals surface area contributed by atoms with E-state index in [2.05, 4.69) is 40.9 Å². The number of aromatic nitrogens is 1. The van der Waals surface area contributed by atoms with Gasteiger partial charge in [-0.15, -0.1) is 0 Å². The molecule has 1 fully saturated rings. The largest absolute Gasteiger partial charge is 0.481 e. The molecule has 0 bridgehead atoms. The summed E-state index contributed by atoms with van der Waals surface area (Å²) in [5.74, 6) is -0.865. The Bertz CT molecular complexity index is 618. The smallest absolute Gasteiger partial charge is 0.307 e. The van der Waals surface area contributed by atoms with E-state index in [4.69, 9.17) is 5.11 Å². The minimum Gasteiger partial charge on any atom is -0.481 e. The Labute approximate surface area is 112 Å². The second kappa shape index (κ2) is 4.70. The predicted octanol–water partition coefficient (Wildman–Crippen LogP) is 2.08. The molecule has 0 aliphatic carbocycles. The maximum atomic E-state index is 11.0. The van der Waals surface area contributed by atoms with Crippen molar-refractivity contribution in [1.82, 2.24) is 9.47 Å². The van der Waals surface area contributed by atoms with Crippen molar-refractivity contribution < 1.29 is 9.90 Å². The van der Waals surface area contributed by atoms with E-state index >= 15 is 0 Å². The number of benzene rings is 1. The summed E-state index contributed by atoms with van der Waals surface area (Å²) in [6.45, 7) is 2.38. The number of aryl methyl sites for hydroxylation is 1. The molecule has 0 spiro atoms. The van der Waals surface area contributed by atoms with Gasteiger partial charge in [-0.05, 0) is 24.6 Å². The molecule has 19 heavy (non-hydrogen) atoms. The molecule has 1 aliphatic heterocycles. The van der Waals surface area contributed by atoms with Gasteiger partial charge in [0.2, 0.25) is 0 Å². The fraction of sp³-hybridized carbons (Fsp3) is 0.400. The highest BCUT2D eigenvalue weighted by Gasteiger charge is 2.28. The molecule has 1 aromatic carbocycles.